The number of nitrogens with one attached hydrogen (secondary N) is 2. The third-order valence-corrected chi connectivity index (χ3v) is 4.61. The van der Waals surface area contributed by atoms with Crippen molar-refractivity contribution < 1.29 is 9.00 Å². The number of aromatic nitrogens is 1. The summed E-state index contributed by atoms with van der Waals surface area (Å²) in [6.45, 7) is 2.00. The van der Waals surface area contributed by atoms with Crippen molar-refractivity contribution in [2.45, 2.75) is 11.8 Å². The predicted molar refractivity (Wildman–Crippen MR) is 99.8 cm³/mol. The van der Waals surface area contributed by atoms with Crippen molar-refractivity contribution in [3.8, 4) is 0 Å². The average Bonchev–Trinajstić information content (AvgIpc) is 2.65. The Morgan fingerprint density at radius 3 is 2.24 bits per heavy atom. The number of rotatable bonds is 5. The largest absolute Gasteiger partial charge is 0.321 e. The molecule has 6 heteroatoms. The minimum atomic E-state index is -1.37. The Labute approximate surface area is 148 Å². The molecule has 0 aliphatic carbocycles. The zero-order valence-electron chi connectivity index (χ0n) is 13.6. The van der Waals surface area contributed by atoms with Gasteiger partial charge in [0.1, 0.15) is 16.7 Å². The molecular weight excluding hydrogens is 334 g/mol. The van der Waals surface area contributed by atoms with Crippen LogP contribution in [0.3, 0.4) is 0 Å². The van der Waals surface area contributed by atoms with Crippen molar-refractivity contribution in [1.29, 1.82) is 0 Å². The monoisotopic (exact) mass is 351 g/mol. The Bertz CT molecular complexity index is 879. The second kappa shape index (κ2) is 7.72. The molecule has 1 atom stereocenters. The van der Waals surface area contributed by atoms with Crippen LogP contribution in [0, 0.1) is 6.92 Å². The fourth-order valence-electron chi connectivity index (χ4n) is 2.14. The van der Waals surface area contributed by atoms with Crippen molar-refractivity contribution in [3.05, 3.63) is 84.2 Å². The van der Waals surface area contributed by atoms with Crippen molar-refractivity contribution in [2.24, 2.45) is 0 Å². The highest BCUT2D eigenvalue weighted by molar-refractivity contribution is 7.86. The van der Waals surface area contributed by atoms with Gasteiger partial charge in [-0.05, 0) is 55.5 Å². The molecule has 1 heterocycles. The Hall–Kier alpha value is -2.99. The van der Waals surface area contributed by atoms with Crippen molar-refractivity contribution in [3.63, 3.8) is 0 Å². The highest BCUT2D eigenvalue weighted by Gasteiger charge is 2.08. The third kappa shape index (κ3) is 4.51. The van der Waals surface area contributed by atoms with Gasteiger partial charge in [0.2, 0.25) is 0 Å². The van der Waals surface area contributed by atoms with Crippen LogP contribution in [-0.4, -0.2) is 15.1 Å². The molecule has 3 rings (SSSR count). The lowest BCUT2D eigenvalue weighted by Crippen LogP contribution is -2.13. The summed E-state index contributed by atoms with van der Waals surface area (Å²) in [6.07, 6.45) is 1.57. The first-order chi connectivity index (χ1) is 12.1. The Morgan fingerprint density at radius 1 is 0.920 bits per heavy atom. The first kappa shape index (κ1) is 16.9. The smallest absolute Gasteiger partial charge is 0.274 e. The van der Waals surface area contributed by atoms with Gasteiger partial charge >= 0.3 is 0 Å². The fourth-order valence-corrected chi connectivity index (χ4v) is 2.99. The van der Waals surface area contributed by atoms with E-state index < -0.39 is 11.0 Å². The Balaban J connectivity index is 1.64. The van der Waals surface area contributed by atoms with E-state index >= 15 is 0 Å². The van der Waals surface area contributed by atoms with Gasteiger partial charge in [-0.1, -0.05) is 23.8 Å². The van der Waals surface area contributed by atoms with E-state index in [1.807, 2.05) is 31.2 Å². The van der Waals surface area contributed by atoms with Crippen LogP contribution in [0.1, 0.15) is 16.1 Å². The van der Waals surface area contributed by atoms with Crippen LogP contribution in [0.5, 0.6) is 0 Å². The van der Waals surface area contributed by atoms with E-state index in [0.717, 1.165) is 11.3 Å². The van der Waals surface area contributed by atoms with E-state index in [0.29, 0.717) is 16.3 Å². The van der Waals surface area contributed by atoms with Crippen molar-refractivity contribution in [1.82, 2.24) is 4.98 Å². The molecule has 0 bridgehead atoms. The molecule has 1 unspecified atom stereocenters. The quantitative estimate of drug-likeness (QED) is 0.735. The standard InChI is InChI=1S/C19H17N3O2S/c1-14-5-7-16(8-6-14)22-25(24)17-11-9-15(10-12-17)21-19(23)18-4-2-3-13-20-18/h2-13,22H,1H3,(H,21,23). The number of hydrogen-bond donors (Lipinski definition) is 2. The zero-order valence-corrected chi connectivity index (χ0v) is 14.4. The van der Waals surface area contributed by atoms with Gasteiger partial charge in [-0.2, -0.15) is 0 Å². The molecule has 1 aromatic heterocycles. The van der Waals surface area contributed by atoms with E-state index in [4.69, 9.17) is 0 Å². The molecule has 3 aromatic rings. The molecule has 0 spiro atoms. The van der Waals surface area contributed by atoms with E-state index in [1.54, 1.807) is 48.7 Å². The van der Waals surface area contributed by atoms with Gasteiger partial charge < -0.3 is 10.0 Å². The first-order valence-electron chi connectivity index (χ1n) is 7.69. The number of amides is 1. The number of benzene rings is 2. The molecule has 2 N–H and O–H groups in total. The molecule has 0 radical (unpaired) electrons. The lowest BCUT2D eigenvalue weighted by molar-refractivity contribution is 0.102. The minimum Gasteiger partial charge on any atom is -0.321 e. The molecule has 0 saturated heterocycles. The van der Waals surface area contributed by atoms with Crippen LogP contribution in [0.2, 0.25) is 0 Å². The molecule has 0 aliphatic heterocycles. The normalized spacial score (nSPS) is 11.6. The first-order valence-corrected chi connectivity index (χ1v) is 8.84. The summed E-state index contributed by atoms with van der Waals surface area (Å²) in [5, 5.41) is 2.76. The third-order valence-electron chi connectivity index (χ3n) is 3.49. The maximum absolute atomic E-state index is 12.4. The second-order valence-corrected chi connectivity index (χ2v) is 6.64. The molecule has 1 amide bonds. The second-order valence-electron chi connectivity index (χ2n) is 5.43. The molecule has 0 fully saturated rings. The van der Waals surface area contributed by atoms with Gasteiger partial charge in [-0.3, -0.25) is 9.78 Å². The van der Waals surface area contributed by atoms with Gasteiger partial charge in [0.15, 0.2) is 0 Å². The average molecular weight is 351 g/mol. The summed E-state index contributed by atoms with van der Waals surface area (Å²) in [5.74, 6) is -0.285. The van der Waals surface area contributed by atoms with Crippen LogP contribution >= 0.6 is 0 Å². The maximum Gasteiger partial charge on any atom is 0.274 e. The fraction of sp³-hybridized carbons (Fsp3) is 0.0526. The summed E-state index contributed by atoms with van der Waals surface area (Å²) in [6, 6.07) is 19.7. The van der Waals surface area contributed by atoms with Gasteiger partial charge in [0.05, 0.1) is 4.90 Å². The number of aryl methyl sites for hydroxylation is 1. The van der Waals surface area contributed by atoms with Crippen LogP contribution in [0.15, 0.2) is 77.8 Å². The summed E-state index contributed by atoms with van der Waals surface area (Å²) in [7, 11) is -1.37. The predicted octanol–water partition coefficient (Wildman–Crippen LogP) is 3.78. The van der Waals surface area contributed by atoms with Gasteiger partial charge in [0.25, 0.3) is 5.91 Å². The molecular formula is C19H17N3O2S. The molecule has 0 aliphatic rings. The Morgan fingerprint density at radius 2 is 1.60 bits per heavy atom. The summed E-state index contributed by atoms with van der Waals surface area (Å²) in [5.41, 5.74) is 2.89. The van der Waals surface area contributed by atoms with Crippen LogP contribution in [0.25, 0.3) is 0 Å². The van der Waals surface area contributed by atoms with Crippen LogP contribution < -0.4 is 10.0 Å². The topological polar surface area (TPSA) is 71.1 Å². The van der Waals surface area contributed by atoms with Crippen molar-refractivity contribution >= 4 is 28.3 Å². The maximum atomic E-state index is 12.4. The number of anilines is 2. The van der Waals surface area contributed by atoms with Gasteiger partial charge in [-0.25, -0.2) is 4.21 Å². The highest BCUT2D eigenvalue weighted by atomic mass is 32.2. The zero-order chi connectivity index (χ0) is 17.6. The number of hydrogen-bond acceptors (Lipinski definition) is 3. The van der Waals surface area contributed by atoms with Crippen LogP contribution in [-0.2, 0) is 11.0 Å². The van der Waals surface area contributed by atoms with E-state index in [9.17, 15) is 9.00 Å². The lowest BCUT2D eigenvalue weighted by Gasteiger charge is -2.08. The highest BCUT2D eigenvalue weighted by Crippen LogP contribution is 2.16. The number of carbonyl (C=O) groups excluding carboxylic acids is 1. The minimum absolute atomic E-state index is 0.285. The van der Waals surface area contributed by atoms with Gasteiger partial charge in [-0.15, -0.1) is 0 Å². The molecule has 5 nitrogen and oxygen atoms in total. The van der Waals surface area contributed by atoms with Crippen LogP contribution in [0.4, 0.5) is 11.4 Å². The van der Waals surface area contributed by atoms with E-state index in [-0.39, 0.29) is 5.91 Å². The summed E-state index contributed by atoms with van der Waals surface area (Å²) in [4.78, 5) is 16.7. The summed E-state index contributed by atoms with van der Waals surface area (Å²) >= 11 is 0. The summed E-state index contributed by atoms with van der Waals surface area (Å²) < 4.78 is 15.3. The van der Waals surface area contributed by atoms with E-state index in [1.165, 1.54) is 0 Å². The number of carbonyl (C=O) groups is 1. The molecule has 126 valence electrons. The molecule has 25 heavy (non-hydrogen) atoms. The number of nitrogens with zero attached hydrogens (tertiary/aromatic N) is 1. The Kier molecular flexibility index (Phi) is 5.20. The molecule has 2 aromatic carbocycles. The number of pyridine rings is 1. The van der Waals surface area contributed by atoms with Crippen molar-refractivity contribution in [2.75, 3.05) is 10.0 Å². The molecule has 0 saturated carbocycles. The van der Waals surface area contributed by atoms with E-state index in [2.05, 4.69) is 15.0 Å². The van der Waals surface area contributed by atoms with Gasteiger partial charge in [0, 0.05) is 17.6 Å². The lowest BCUT2D eigenvalue weighted by atomic mass is 10.2. The SMILES string of the molecule is Cc1ccc(NS(=O)c2ccc(NC(=O)c3ccccn3)cc2)cc1.